The lowest BCUT2D eigenvalue weighted by Crippen LogP contribution is -2.48. The summed E-state index contributed by atoms with van der Waals surface area (Å²) in [5.41, 5.74) is 0.619. The lowest BCUT2D eigenvalue weighted by Gasteiger charge is -2.22. The number of halogens is 7. The van der Waals surface area contributed by atoms with Gasteiger partial charge < -0.3 is 5.32 Å². The van der Waals surface area contributed by atoms with Crippen LogP contribution in [0.5, 0.6) is 0 Å². The van der Waals surface area contributed by atoms with E-state index in [4.69, 9.17) is 0 Å². The first-order valence-corrected chi connectivity index (χ1v) is 6.55. The van der Waals surface area contributed by atoms with Crippen molar-refractivity contribution in [3.05, 3.63) is 35.9 Å². The molecule has 9 heteroatoms. The highest BCUT2D eigenvalue weighted by Crippen LogP contribution is 2.39. The van der Waals surface area contributed by atoms with Crippen LogP contribution >= 0.6 is 15.9 Å². The van der Waals surface area contributed by atoms with Crippen molar-refractivity contribution in [3.63, 3.8) is 0 Å². The maximum atomic E-state index is 12.3. The van der Waals surface area contributed by atoms with Gasteiger partial charge in [0, 0.05) is 6.54 Å². The molecule has 0 aliphatic heterocycles. The Balaban J connectivity index is 2.71. The van der Waals surface area contributed by atoms with Gasteiger partial charge in [-0.1, -0.05) is 46.3 Å². The average molecular weight is 378 g/mol. The van der Waals surface area contributed by atoms with Gasteiger partial charge in [-0.25, -0.2) is 0 Å². The van der Waals surface area contributed by atoms with Crippen LogP contribution in [0.4, 0.5) is 26.3 Å². The molecule has 118 valence electrons. The van der Waals surface area contributed by atoms with E-state index in [9.17, 15) is 31.1 Å². The molecule has 1 unspecified atom stereocenters. The van der Waals surface area contributed by atoms with E-state index >= 15 is 0 Å². The van der Waals surface area contributed by atoms with Crippen LogP contribution in [0.25, 0.3) is 0 Å². The zero-order chi connectivity index (χ0) is 16.3. The van der Waals surface area contributed by atoms with Crippen molar-refractivity contribution >= 4 is 21.8 Å². The number of amides is 1. The van der Waals surface area contributed by atoms with Gasteiger partial charge in [0.05, 0.1) is 4.83 Å². The third-order valence-electron chi connectivity index (χ3n) is 2.53. The van der Waals surface area contributed by atoms with Crippen LogP contribution in [0.15, 0.2) is 30.3 Å². The lowest BCUT2D eigenvalue weighted by atomic mass is 10.1. The Kier molecular flexibility index (Phi) is 5.66. The largest absolute Gasteiger partial charge is 0.409 e. The summed E-state index contributed by atoms with van der Waals surface area (Å²) in [6.45, 7) is -0.397. The number of benzene rings is 1. The van der Waals surface area contributed by atoms with Crippen molar-refractivity contribution in [2.24, 2.45) is 5.92 Å². The molecular weight excluding hydrogens is 368 g/mol. The molecule has 21 heavy (non-hydrogen) atoms. The molecule has 0 radical (unpaired) electrons. The van der Waals surface area contributed by atoms with Gasteiger partial charge in [-0.3, -0.25) is 4.79 Å². The van der Waals surface area contributed by atoms with Gasteiger partial charge in [-0.15, -0.1) is 0 Å². The third kappa shape index (κ3) is 5.22. The molecular formula is C12H10BrF6NO. The molecule has 0 spiro atoms. The summed E-state index contributed by atoms with van der Waals surface area (Å²) in [6.07, 6.45) is -11.4. The Morgan fingerprint density at radius 2 is 1.52 bits per heavy atom. The van der Waals surface area contributed by atoms with Crippen LogP contribution < -0.4 is 5.32 Å². The first-order chi connectivity index (χ1) is 9.53. The SMILES string of the molecule is O=C(NCC(Br)c1ccccc1)C(C(F)(F)F)C(F)(F)F. The molecule has 1 rings (SSSR count). The molecule has 0 saturated heterocycles. The van der Waals surface area contributed by atoms with E-state index in [0.29, 0.717) is 5.56 Å². The molecule has 0 saturated carbocycles. The number of hydrogen-bond donors (Lipinski definition) is 1. The summed E-state index contributed by atoms with van der Waals surface area (Å²) >= 11 is 3.09. The standard InChI is InChI=1S/C12H10BrF6NO/c13-8(7-4-2-1-3-5-7)6-20-10(21)9(11(14,15)16)12(17,18)19/h1-5,8-9H,6H2,(H,20,21). The Morgan fingerprint density at radius 1 is 1.05 bits per heavy atom. The van der Waals surface area contributed by atoms with Crippen LogP contribution in [0.2, 0.25) is 0 Å². The Bertz CT molecular complexity index is 459. The lowest BCUT2D eigenvalue weighted by molar-refractivity contribution is -0.274. The summed E-state index contributed by atoms with van der Waals surface area (Å²) < 4.78 is 73.9. The highest BCUT2D eigenvalue weighted by Gasteiger charge is 2.61. The molecule has 1 aromatic carbocycles. The second-order valence-corrected chi connectivity index (χ2v) is 5.24. The molecule has 1 amide bonds. The Labute approximate surface area is 124 Å². The smallest absolute Gasteiger partial charge is 0.354 e. The van der Waals surface area contributed by atoms with E-state index in [1.54, 1.807) is 35.6 Å². The quantitative estimate of drug-likeness (QED) is 0.624. The zero-order valence-corrected chi connectivity index (χ0v) is 11.9. The van der Waals surface area contributed by atoms with Crippen LogP contribution in [0, 0.1) is 5.92 Å². The van der Waals surface area contributed by atoms with Crippen molar-refractivity contribution in [2.45, 2.75) is 17.2 Å². The normalized spacial score (nSPS) is 14.1. The van der Waals surface area contributed by atoms with Crippen molar-refractivity contribution < 1.29 is 31.1 Å². The summed E-state index contributed by atoms with van der Waals surface area (Å²) in [4.78, 5) is 10.6. The van der Waals surface area contributed by atoms with E-state index in [2.05, 4.69) is 15.9 Å². The van der Waals surface area contributed by atoms with Gasteiger partial charge in [0.1, 0.15) is 0 Å². The minimum atomic E-state index is -5.68. The van der Waals surface area contributed by atoms with E-state index in [-0.39, 0.29) is 0 Å². The van der Waals surface area contributed by atoms with Gasteiger partial charge in [0.15, 0.2) is 0 Å². The Morgan fingerprint density at radius 3 is 1.95 bits per heavy atom. The molecule has 2 nitrogen and oxygen atoms in total. The number of carbonyl (C=O) groups is 1. The minimum Gasteiger partial charge on any atom is -0.354 e. The van der Waals surface area contributed by atoms with E-state index in [1.165, 1.54) is 0 Å². The monoisotopic (exact) mass is 377 g/mol. The second-order valence-electron chi connectivity index (χ2n) is 4.14. The average Bonchev–Trinajstić information content (AvgIpc) is 2.33. The predicted molar refractivity (Wildman–Crippen MR) is 66.7 cm³/mol. The fourth-order valence-corrected chi connectivity index (χ4v) is 2.02. The maximum Gasteiger partial charge on any atom is 0.409 e. The minimum absolute atomic E-state index is 0.397. The second kappa shape index (κ2) is 6.67. The predicted octanol–water partition coefficient (Wildman–Crippen LogP) is 3.98. The number of nitrogens with one attached hydrogen (secondary N) is 1. The highest BCUT2D eigenvalue weighted by molar-refractivity contribution is 9.09. The van der Waals surface area contributed by atoms with E-state index in [0.717, 1.165) is 0 Å². The van der Waals surface area contributed by atoms with Crippen LogP contribution in [0.1, 0.15) is 10.4 Å². The number of rotatable bonds is 4. The van der Waals surface area contributed by atoms with Gasteiger partial charge in [0.25, 0.3) is 0 Å². The van der Waals surface area contributed by atoms with Gasteiger partial charge in [-0.05, 0) is 5.56 Å². The van der Waals surface area contributed by atoms with Crippen molar-refractivity contribution in [3.8, 4) is 0 Å². The van der Waals surface area contributed by atoms with Gasteiger partial charge >= 0.3 is 12.4 Å². The maximum absolute atomic E-state index is 12.3. The molecule has 0 heterocycles. The molecule has 0 bridgehead atoms. The van der Waals surface area contributed by atoms with Crippen LogP contribution in [-0.2, 0) is 4.79 Å². The van der Waals surface area contributed by atoms with E-state index < -0.39 is 35.5 Å². The summed E-state index contributed by atoms with van der Waals surface area (Å²) in [6, 6.07) is 8.25. The molecule has 1 aromatic rings. The molecule has 1 atom stereocenters. The third-order valence-corrected chi connectivity index (χ3v) is 3.39. The molecule has 0 aromatic heterocycles. The fourth-order valence-electron chi connectivity index (χ4n) is 1.55. The fraction of sp³-hybridized carbons (Fsp3) is 0.417. The van der Waals surface area contributed by atoms with Crippen molar-refractivity contribution in [2.75, 3.05) is 6.54 Å². The zero-order valence-electron chi connectivity index (χ0n) is 10.3. The molecule has 0 fully saturated rings. The molecule has 0 aliphatic rings. The summed E-state index contributed by atoms with van der Waals surface area (Å²) in [5.74, 6) is -6.14. The topological polar surface area (TPSA) is 29.1 Å². The van der Waals surface area contributed by atoms with Gasteiger partial charge in [-0.2, -0.15) is 26.3 Å². The van der Waals surface area contributed by atoms with Crippen LogP contribution in [-0.4, -0.2) is 24.8 Å². The first kappa shape index (κ1) is 17.8. The molecule has 1 N–H and O–H groups in total. The number of alkyl halides is 7. The van der Waals surface area contributed by atoms with Crippen molar-refractivity contribution in [1.82, 2.24) is 5.32 Å². The molecule has 0 aliphatic carbocycles. The number of carbonyl (C=O) groups excluding carboxylic acids is 1. The number of hydrogen-bond acceptors (Lipinski definition) is 1. The summed E-state index contributed by atoms with van der Waals surface area (Å²) in [7, 11) is 0. The van der Waals surface area contributed by atoms with Crippen molar-refractivity contribution in [1.29, 1.82) is 0 Å². The van der Waals surface area contributed by atoms with Crippen LogP contribution in [0.3, 0.4) is 0 Å². The van der Waals surface area contributed by atoms with Gasteiger partial charge in [0.2, 0.25) is 11.8 Å². The highest BCUT2D eigenvalue weighted by atomic mass is 79.9. The van der Waals surface area contributed by atoms with E-state index in [1.807, 2.05) is 0 Å². The first-order valence-electron chi connectivity index (χ1n) is 5.63. The Hall–Kier alpha value is -1.25. The summed E-state index contributed by atoms with van der Waals surface area (Å²) in [5, 5.41) is 1.67.